The van der Waals surface area contributed by atoms with Crippen molar-refractivity contribution in [3.8, 4) is 0 Å². The highest BCUT2D eigenvalue weighted by molar-refractivity contribution is 7.89. The monoisotopic (exact) mass is 421 g/mol. The van der Waals surface area contributed by atoms with Crippen LogP contribution in [0.2, 0.25) is 0 Å². The number of piperidine rings is 1. The third kappa shape index (κ3) is 4.45. The van der Waals surface area contributed by atoms with Gasteiger partial charge in [-0.3, -0.25) is 4.79 Å². The fourth-order valence-corrected chi connectivity index (χ4v) is 5.33. The molecule has 1 saturated heterocycles. The molecule has 0 atom stereocenters. The van der Waals surface area contributed by atoms with Crippen LogP contribution in [0.1, 0.15) is 43.9 Å². The molecule has 1 aliphatic rings. The molecule has 0 N–H and O–H groups in total. The minimum absolute atomic E-state index is 0.0637. The molecule has 1 amide bonds. The maximum absolute atomic E-state index is 13.2. The SMILES string of the molecule is CCN(CC)C(=O)C1CCN(S(=O)(=O)c2c(C)noc2/C=C/c2ccco2)CC1. The van der Waals surface area contributed by atoms with Crippen LogP contribution in [0.5, 0.6) is 0 Å². The summed E-state index contributed by atoms with van der Waals surface area (Å²) in [4.78, 5) is 14.4. The van der Waals surface area contributed by atoms with Crippen LogP contribution in [0.25, 0.3) is 12.2 Å². The summed E-state index contributed by atoms with van der Waals surface area (Å²) >= 11 is 0. The summed E-state index contributed by atoms with van der Waals surface area (Å²) in [5.74, 6) is 0.719. The molecule has 8 nitrogen and oxygen atoms in total. The lowest BCUT2D eigenvalue weighted by molar-refractivity contribution is -0.136. The van der Waals surface area contributed by atoms with E-state index in [9.17, 15) is 13.2 Å². The van der Waals surface area contributed by atoms with Crippen molar-refractivity contribution in [3.05, 3.63) is 35.6 Å². The van der Waals surface area contributed by atoms with Gasteiger partial charge in [0.2, 0.25) is 15.9 Å². The first kappa shape index (κ1) is 21.3. The smallest absolute Gasteiger partial charge is 0.248 e. The molecule has 29 heavy (non-hydrogen) atoms. The summed E-state index contributed by atoms with van der Waals surface area (Å²) in [5, 5.41) is 3.84. The molecule has 3 rings (SSSR count). The van der Waals surface area contributed by atoms with E-state index >= 15 is 0 Å². The molecular weight excluding hydrogens is 394 g/mol. The first-order chi connectivity index (χ1) is 13.9. The molecule has 0 aliphatic carbocycles. The summed E-state index contributed by atoms with van der Waals surface area (Å²) < 4.78 is 38.4. The summed E-state index contributed by atoms with van der Waals surface area (Å²) in [6.07, 6.45) is 5.73. The number of furan rings is 1. The van der Waals surface area contributed by atoms with E-state index in [0.717, 1.165) is 0 Å². The molecule has 2 aromatic heterocycles. The molecular formula is C20H27N3O5S. The lowest BCUT2D eigenvalue weighted by atomic mass is 9.96. The van der Waals surface area contributed by atoms with Crippen molar-refractivity contribution in [1.29, 1.82) is 0 Å². The van der Waals surface area contributed by atoms with Crippen molar-refractivity contribution in [2.24, 2.45) is 5.92 Å². The van der Waals surface area contributed by atoms with Gasteiger partial charge in [0.15, 0.2) is 10.7 Å². The van der Waals surface area contributed by atoms with Gasteiger partial charge in [0.1, 0.15) is 11.5 Å². The van der Waals surface area contributed by atoms with Gasteiger partial charge in [-0.2, -0.15) is 4.31 Å². The molecule has 1 aliphatic heterocycles. The van der Waals surface area contributed by atoms with Gasteiger partial charge in [-0.1, -0.05) is 5.16 Å². The van der Waals surface area contributed by atoms with Crippen LogP contribution in [-0.2, 0) is 14.8 Å². The Bertz CT molecular complexity index is 950. The predicted octanol–water partition coefficient (Wildman–Crippen LogP) is 3.02. The third-order valence-corrected chi connectivity index (χ3v) is 7.31. The number of sulfonamides is 1. The van der Waals surface area contributed by atoms with Gasteiger partial charge < -0.3 is 13.8 Å². The number of hydrogen-bond donors (Lipinski definition) is 0. The number of rotatable bonds is 7. The Labute approximate surface area is 171 Å². The zero-order chi connectivity index (χ0) is 21.0. The van der Waals surface area contributed by atoms with E-state index in [0.29, 0.717) is 50.5 Å². The summed E-state index contributed by atoms with van der Waals surface area (Å²) in [6, 6.07) is 3.50. The molecule has 1 fully saturated rings. The fraction of sp³-hybridized carbons (Fsp3) is 0.500. The third-order valence-electron chi connectivity index (χ3n) is 5.25. The second-order valence-corrected chi connectivity index (χ2v) is 8.87. The van der Waals surface area contributed by atoms with E-state index in [1.807, 2.05) is 13.8 Å². The van der Waals surface area contributed by atoms with Crippen molar-refractivity contribution in [3.63, 3.8) is 0 Å². The molecule has 0 aromatic carbocycles. The van der Waals surface area contributed by atoms with Crippen molar-refractivity contribution in [1.82, 2.24) is 14.4 Å². The molecule has 0 radical (unpaired) electrons. The maximum atomic E-state index is 13.2. The van der Waals surface area contributed by atoms with Crippen molar-refractivity contribution >= 4 is 28.1 Å². The first-order valence-corrected chi connectivity index (χ1v) is 11.3. The Balaban J connectivity index is 1.76. The summed E-state index contributed by atoms with van der Waals surface area (Å²) in [6.45, 7) is 7.44. The highest BCUT2D eigenvalue weighted by Crippen LogP contribution is 2.29. The standard InChI is InChI=1S/C20H27N3O5S/c1-4-22(5-2)20(24)16-10-12-23(13-11-16)29(25,26)19-15(3)21-28-18(19)9-8-17-7-6-14-27-17/h6-9,14,16H,4-5,10-13H2,1-3H3/b9-8+. The average Bonchev–Trinajstić information content (AvgIpc) is 3.37. The van der Waals surface area contributed by atoms with Crippen molar-refractivity contribution < 1.29 is 22.2 Å². The Kier molecular flexibility index (Phi) is 6.59. The van der Waals surface area contributed by atoms with Crippen molar-refractivity contribution in [2.45, 2.75) is 38.5 Å². The van der Waals surface area contributed by atoms with Gasteiger partial charge >= 0.3 is 0 Å². The molecule has 0 saturated carbocycles. The van der Waals surface area contributed by atoms with Gasteiger partial charge in [-0.15, -0.1) is 0 Å². The Morgan fingerprint density at radius 2 is 1.97 bits per heavy atom. The Morgan fingerprint density at radius 3 is 2.55 bits per heavy atom. The molecule has 3 heterocycles. The predicted molar refractivity (Wildman–Crippen MR) is 108 cm³/mol. The lowest BCUT2D eigenvalue weighted by Gasteiger charge is -2.33. The second kappa shape index (κ2) is 8.96. The number of carbonyl (C=O) groups is 1. The normalized spacial score (nSPS) is 16.5. The number of amides is 1. The van der Waals surface area contributed by atoms with Crippen LogP contribution in [-0.4, -0.2) is 54.9 Å². The minimum atomic E-state index is -3.78. The van der Waals surface area contributed by atoms with Crippen molar-refractivity contribution in [2.75, 3.05) is 26.2 Å². The van der Waals surface area contributed by atoms with E-state index < -0.39 is 10.0 Å². The molecule has 158 valence electrons. The van der Waals surface area contributed by atoms with E-state index in [1.54, 1.807) is 36.1 Å². The maximum Gasteiger partial charge on any atom is 0.248 e. The Morgan fingerprint density at radius 1 is 1.28 bits per heavy atom. The highest BCUT2D eigenvalue weighted by atomic mass is 32.2. The topological polar surface area (TPSA) is 96.9 Å². The lowest BCUT2D eigenvalue weighted by Crippen LogP contribution is -2.44. The fourth-order valence-electron chi connectivity index (χ4n) is 3.61. The van der Waals surface area contributed by atoms with Gasteiger partial charge in [-0.05, 0) is 57.9 Å². The number of aryl methyl sites for hydroxylation is 1. The highest BCUT2D eigenvalue weighted by Gasteiger charge is 2.36. The van der Waals surface area contributed by atoms with Crippen LogP contribution in [0.15, 0.2) is 32.2 Å². The molecule has 2 aromatic rings. The average molecular weight is 422 g/mol. The van der Waals surface area contributed by atoms with Gasteiger partial charge in [-0.25, -0.2) is 8.42 Å². The molecule has 0 unspecified atom stereocenters. The van der Waals surface area contributed by atoms with E-state index in [1.165, 1.54) is 10.6 Å². The molecule has 0 spiro atoms. The van der Waals surface area contributed by atoms with Crippen LogP contribution in [0.3, 0.4) is 0 Å². The van der Waals surface area contributed by atoms with E-state index in [4.69, 9.17) is 8.94 Å². The van der Waals surface area contributed by atoms with Gasteiger partial charge in [0, 0.05) is 32.1 Å². The number of hydrogen-bond acceptors (Lipinski definition) is 6. The molecule has 9 heteroatoms. The molecule has 0 bridgehead atoms. The van der Waals surface area contributed by atoms with Crippen LogP contribution >= 0.6 is 0 Å². The zero-order valence-electron chi connectivity index (χ0n) is 17.0. The van der Waals surface area contributed by atoms with E-state index in [-0.39, 0.29) is 22.5 Å². The minimum Gasteiger partial charge on any atom is -0.465 e. The number of nitrogens with zero attached hydrogens (tertiary/aromatic N) is 3. The van der Waals surface area contributed by atoms with Gasteiger partial charge in [0.25, 0.3) is 0 Å². The Hall–Kier alpha value is -2.39. The second-order valence-electron chi connectivity index (χ2n) is 7.00. The largest absolute Gasteiger partial charge is 0.465 e. The first-order valence-electron chi connectivity index (χ1n) is 9.85. The van der Waals surface area contributed by atoms with E-state index in [2.05, 4.69) is 5.16 Å². The van der Waals surface area contributed by atoms with Crippen LogP contribution in [0, 0.1) is 12.8 Å². The zero-order valence-corrected chi connectivity index (χ0v) is 17.8. The number of aromatic nitrogens is 1. The quantitative estimate of drug-likeness (QED) is 0.682. The summed E-state index contributed by atoms with van der Waals surface area (Å²) in [7, 11) is -3.78. The van der Waals surface area contributed by atoms with Crippen LogP contribution < -0.4 is 0 Å². The summed E-state index contributed by atoms with van der Waals surface area (Å²) in [5.41, 5.74) is 0.311. The van der Waals surface area contributed by atoms with Crippen LogP contribution in [0.4, 0.5) is 0 Å². The van der Waals surface area contributed by atoms with Gasteiger partial charge in [0.05, 0.1) is 6.26 Å². The number of carbonyl (C=O) groups excluding carboxylic acids is 1.